The molecule has 0 radical (unpaired) electrons. The van der Waals surface area contributed by atoms with Crippen molar-refractivity contribution in [3.05, 3.63) is 36.5 Å². The normalized spacial score (nSPS) is 53.4. The summed E-state index contributed by atoms with van der Waals surface area (Å²) in [5.74, 6) is -5.86. The van der Waals surface area contributed by atoms with Gasteiger partial charge in [-0.25, -0.2) is 0 Å². The zero-order valence-corrected chi connectivity index (χ0v) is 36.9. The van der Waals surface area contributed by atoms with E-state index in [1.54, 1.807) is 6.92 Å². The molecule has 342 valence electrons. The van der Waals surface area contributed by atoms with Crippen LogP contribution in [0.15, 0.2) is 36.5 Å². The van der Waals surface area contributed by atoms with Crippen molar-refractivity contribution in [1.82, 2.24) is 5.32 Å². The number of carbonyl (C=O) groups is 1. The maximum Gasteiger partial charge on any atom is 0.303 e. The lowest BCUT2D eigenvalue weighted by molar-refractivity contribution is -0.371. The highest BCUT2D eigenvalue weighted by Crippen LogP contribution is 2.56. The Kier molecular flexibility index (Phi) is 11.8. The largest absolute Gasteiger partial charge is 0.481 e. The molecule has 2 bridgehead atoms. The number of aliphatic hydroxyl groups is 3. The van der Waals surface area contributed by atoms with Crippen LogP contribution in [0.3, 0.4) is 0 Å². The average molecular weight is 858 g/mol. The summed E-state index contributed by atoms with van der Waals surface area (Å²) in [5, 5.41) is 49.0. The third-order valence-corrected chi connectivity index (χ3v) is 16.2. The first kappa shape index (κ1) is 44.4. The van der Waals surface area contributed by atoms with Gasteiger partial charge in [-0.1, -0.05) is 72.4 Å². The van der Waals surface area contributed by atoms with Gasteiger partial charge in [-0.05, 0) is 49.0 Å². The van der Waals surface area contributed by atoms with Crippen molar-refractivity contribution in [3.63, 3.8) is 0 Å². The highest BCUT2D eigenvalue weighted by atomic mass is 16.8. The number of allylic oxidation sites excluding steroid dienone is 1. The quantitative estimate of drug-likeness (QED) is 0.190. The lowest BCUT2D eigenvalue weighted by Gasteiger charge is -2.54. The lowest BCUT2D eigenvalue weighted by Crippen LogP contribution is -2.65. The number of rotatable bonds is 9. The fourth-order valence-corrected chi connectivity index (χ4v) is 12.8. The fraction of sp³-hybridized carbons (Fsp3) is 0.851. The van der Waals surface area contributed by atoms with Gasteiger partial charge in [-0.3, -0.25) is 10.1 Å². The molecule has 0 aromatic carbocycles. The molecular weight excluding hydrogens is 787 g/mol. The number of fused-ring (bicyclic) bond motifs is 5. The molecule has 21 atom stereocenters. The number of carboxylic acid groups (broad SMARTS) is 1. The van der Waals surface area contributed by atoms with Crippen molar-refractivity contribution in [2.75, 3.05) is 6.54 Å². The zero-order valence-electron chi connectivity index (χ0n) is 36.9. The van der Waals surface area contributed by atoms with Gasteiger partial charge in [0.05, 0.1) is 48.8 Å². The van der Waals surface area contributed by atoms with Gasteiger partial charge < -0.3 is 58.3 Å². The summed E-state index contributed by atoms with van der Waals surface area (Å²) in [6, 6.07) is 0. The minimum atomic E-state index is -2.16. The zero-order chi connectivity index (χ0) is 43.3. The molecule has 14 nitrogen and oxygen atoms in total. The lowest BCUT2D eigenvalue weighted by atomic mass is 9.74. The molecule has 9 rings (SSSR count). The predicted molar refractivity (Wildman–Crippen MR) is 220 cm³/mol. The van der Waals surface area contributed by atoms with Gasteiger partial charge in [0.2, 0.25) is 0 Å². The summed E-state index contributed by atoms with van der Waals surface area (Å²) in [7, 11) is 0. The molecule has 0 amide bonds. The van der Waals surface area contributed by atoms with Crippen LogP contribution in [0.1, 0.15) is 119 Å². The number of nitrogens with one attached hydrogen (secondary N) is 1. The van der Waals surface area contributed by atoms with Crippen LogP contribution in [-0.2, 0) is 42.7 Å². The Hall–Kier alpha value is -1.79. The van der Waals surface area contributed by atoms with Gasteiger partial charge >= 0.3 is 5.97 Å². The second kappa shape index (κ2) is 16.3. The highest BCUT2D eigenvalue weighted by molar-refractivity contribution is 5.66. The summed E-state index contributed by atoms with van der Waals surface area (Å²) >= 11 is 0. The van der Waals surface area contributed by atoms with E-state index in [-0.39, 0.29) is 42.9 Å². The Balaban J connectivity index is 0.860. The number of ether oxygens (including phenoxy) is 8. The van der Waals surface area contributed by atoms with Crippen LogP contribution >= 0.6 is 0 Å². The van der Waals surface area contributed by atoms with E-state index in [2.05, 4.69) is 39.6 Å². The average Bonchev–Trinajstić information content (AvgIpc) is 3.89. The molecule has 9 aliphatic heterocycles. The molecule has 9 aliphatic rings. The minimum absolute atomic E-state index is 0.0558. The third kappa shape index (κ3) is 7.94. The first-order valence-electron chi connectivity index (χ1n) is 23.4. The van der Waals surface area contributed by atoms with Gasteiger partial charge in [-0.15, -0.1) is 0 Å². The summed E-state index contributed by atoms with van der Waals surface area (Å²) in [4.78, 5) is 11.0. The van der Waals surface area contributed by atoms with Crippen LogP contribution in [0.4, 0.5) is 0 Å². The van der Waals surface area contributed by atoms with Crippen molar-refractivity contribution in [2.24, 2.45) is 35.5 Å². The Morgan fingerprint density at radius 2 is 1.69 bits per heavy atom. The van der Waals surface area contributed by atoms with E-state index in [0.29, 0.717) is 74.7 Å². The SMILES string of the molecule is C=C(C[C@@]12C[C@@H](C)C[C@H](O1)[C@H]1O[C@]3(C[C@H]1O2)NC[C@H](C)C[C@@H]3C)[C@H]1O[C@@](O)([C@H](O)[C@@H]2C[C@H]3O[C@@]4(CC[C@]5(CC=C[C@@H](/C=C/CCC(=O)O)O5)O4)[C@H](C)C[C@H]3O2)[C@H](C)[C@H](O)[C@@H]1C. The van der Waals surface area contributed by atoms with E-state index in [9.17, 15) is 20.1 Å². The Labute approximate surface area is 360 Å². The number of carboxylic acids is 1. The number of piperidine rings is 1. The molecule has 0 aromatic heterocycles. The van der Waals surface area contributed by atoms with Crippen molar-refractivity contribution >= 4 is 5.97 Å². The first-order valence-corrected chi connectivity index (χ1v) is 23.4. The van der Waals surface area contributed by atoms with Gasteiger partial charge in [0.25, 0.3) is 0 Å². The van der Waals surface area contributed by atoms with Crippen molar-refractivity contribution in [3.8, 4) is 0 Å². The van der Waals surface area contributed by atoms with E-state index in [1.807, 2.05) is 31.2 Å². The van der Waals surface area contributed by atoms with E-state index < -0.39 is 77.2 Å². The molecule has 0 aromatic rings. The number of hydrogen-bond donors (Lipinski definition) is 5. The summed E-state index contributed by atoms with van der Waals surface area (Å²) < 4.78 is 53.9. The molecule has 0 saturated carbocycles. The van der Waals surface area contributed by atoms with Gasteiger partial charge in [0.15, 0.2) is 23.1 Å². The Morgan fingerprint density at radius 3 is 2.46 bits per heavy atom. The molecule has 8 saturated heterocycles. The second-order valence-electron chi connectivity index (χ2n) is 20.9. The van der Waals surface area contributed by atoms with E-state index in [4.69, 9.17) is 43.0 Å². The van der Waals surface area contributed by atoms with Crippen molar-refractivity contribution < 1.29 is 63.1 Å². The van der Waals surface area contributed by atoms with Crippen LogP contribution < -0.4 is 5.32 Å². The van der Waals surface area contributed by atoms with Crippen LogP contribution in [0, 0.1) is 35.5 Å². The molecule has 14 heteroatoms. The molecule has 8 fully saturated rings. The Bertz CT molecular complexity index is 1730. The molecule has 9 heterocycles. The van der Waals surface area contributed by atoms with E-state index in [1.165, 1.54) is 0 Å². The maximum absolute atomic E-state index is 12.4. The number of aliphatic hydroxyl groups excluding tert-OH is 2. The van der Waals surface area contributed by atoms with Crippen LogP contribution in [0.2, 0.25) is 0 Å². The molecular formula is C47H71NO13. The fourth-order valence-electron chi connectivity index (χ4n) is 12.8. The topological polar surface area (TPSA) is 184 Å². The summed E-state index contributed by atoms with van der Waals surface area (Å²) in [5.41, 5.74) is 0.190. The van der Waals surface area contributed by atoms with Gasteiger partial charge in [0.1, 0.15) is 17.9 Å². The van der Waals surface area contributed by atoms with Crippen LogP contribution in [0.25, 0.3) is 0 Å². The minimum Gasteiger partial charge on any atom is -0.481 e. The Morgan fingerprint density at radius 1 is 0.902 bits per heavy atom. The van der Waals surface area contributed by atoms with Gasteiger partial charge in [-0.2, -0.15) is 0 Å². The van der Waals surface area contributed by atoms with E-state index >= 15 is 0 Å². The van der Waals surface area contributed by atoms with E-state index in [0.717, 1.165) is 25.8 Å². The molecule has 5 N–H and O–H groups in total. The first-order chi connectivity index (χ1) is 28.9. The van der Waals surface area contributed by atoms with Crippen molar-refractivity contribution in [2.45, 2.75) is 209 Å². The number of hydrogen-bond acceptors (Lipinski definition) is 13. The standard InChI is InChI=1S/C47H71NO13/c1-25-18-35-41-37(23-45(59-41)28(4)17-26(2)24-48-45)57-44(21-25,56-35)22-27(3)40-30(6)39(51)31(7)47(53,60-40)42(52)36-20-34-33(54-36)19-29(5)46(58-34)16-15-43(61-46)14-10-12-32(55-43)11-8-9-13-38(49)50/h8,10-12,25-26,28-37,39-42,48,51-53H,3,9,13-24H2,1-2,4-7H3,(H,49,50)/b11-8+/t25-,26+,28-,29+,30-,31+,32+,33+,34+,35-,36-,37+,39+,40+,41+,42+,43-,44-,45-,46+,47+/m0/s1. The second-order valence-corrected chi connectivity index (χ2v) is 20.9. The van der Waals surface area contributed by atoms with Gasteiger partial charge in [0, 0.05) is 75.7 Å². The third-order valence-electron chi connectivity index (χ3n) is 16.2. The summed E-state index contributed by atoms with van der Waals surface area (Å²) in [6.45, 7) is 17.8. The molecule has 0 unspecified atom stereocenters. The molecule has 0 aliphatic carbocycles. The smallest absolute Gasteiger partial charge is 0.303 e. The van der Waals surface area contributed by atoms with Crippen molar-refractivity contribution in [1.29, 1.82) is 0 Å². The highest BCUT2D eigenvalue weighted by Gasteiger charge is 2.65. The molecule has 61 heavy (non-hydrogen) atoms. The summed E-state index contributed by atoms with van der Waals surface area (Å²) in [6.07, 6.45) is 8.90. The monoisotopic (exact) mass is 857 g/mol. The maximum atomic E-state index is 12.4. The molecule has 3 spiro atoms. The predicted octanol–water partition coefficient (Wildman–Crippen LogP) is 5.23. The van der Waals surface area contributed by atoms with Crippen LogP contribution in [-0.4, -0.2) is 123 Å². The number of aliphatic carboxylic acids is 1. The van der Waals surface area contributed by atoms with Crippen LogP contribution in [0.5, 0.6) is 0 Å².